The minimum absolute atomic E-state index is 0.950. The normalized spacial score (nSPS) is 18.1. The van der Waals surface area contributed by atoms with Gasteiger partial charge in [0.25, 0.3) is 0 Å². The zero-order chi connectivity index (χ0) is 19.3. The standard InChI is InChI=1S/C23H29N3OS/c1-18-20(24-23(28-18)19-9-4-3-5-10-19)17-25-13-8-14-26(16-15-25)21-11-6-7-12-22(21)27-2/h3-4,6-7,9,11-12H,5,8,10,13-17H2,1-2H3. The average molecular weight is 396 g/mol. The Kier molecular flexibility index (Phi) is 6.13. The van der Waals surface area contributed by atoms with Gasteiger partial charge in [0, 0.05) is 37.6 Å². The third-order valence-electron chi connectivity index (χ3n) is 5.57. The number of aromatic nitrogens is 1. The molecule has 2 aliphatic rings. The summed E-state index contributed by atoms with van der Waals surface area (Å²) < 4.78 is 5.56. The van der Waals surface area contributed by atoms with Gasteiger partial charge >= 0.3 is 0 Å². The molecule has 1 aliphatic carbocycles. The first-order valence-electron chi connectivity index (χ1n) is 10.2. The number of hydrogen-bond acceptors (Lipinski definition) is 5. The summed E-state index contributed by atoms with van der Waals surface area (Å²) in [5, 5.41) is 1.21. The lowest BCUT2D eigenvalue weighted by molar-refractivity contribution is 0.282. The van der Waals surface area contributed by atoms with Gasteiger partial charge < -0.3 is 9.64 Å². The fourth-order valence-corrected chi connectivity index (χ4v) is 4.94. The summed E-state index contributed by atoms with van der Waals surface area (Å²) in [5.74, 6) is 0.964. The van der Waals surface area contributed by atoms with Crippen molar-refractivity contribution in [2.75, 3.05) is 38.2 Å². The summed E-state index contributed by atoms with van der Waals surface area (Å²) >= 11 is 1.85. The molecule has 0 bridgehead atoms. The van der Waals surface area contributed by atoms with Crippen molar-refractivity contribution in [1.82, 2.24) is 9.88 Å². The second kappa shape index (κ2) is 8.93. The van der Waals surface area contributed by atoms with Crippen molar-refractivity contribution < 1.29 is 4.74 Å². The highest BCUT2D eigenvalue weighted by Gasteiger charge is 2.20. The highest BCUT2D eigenvalue weighted by atomic mass is 32.1. The number of hydrogen-bond donors (Lipinski definition) is 0. The molecule has 5 heteroatoms. The van der Waals surface area contributed by atoms with Gasteiger partial charge in [-0.1, -0.05) is 30.4 Å². The molecule has 4 rings (SSSR count). The molecule has 2 heterocycles. The van der Waals surface area contributed by atoms with Gasteiger partial charge in [-0.15, -0.1) is 11.3 Å². The molecular weight excluding hydrogens is 366 g/mol. The number of thiazole rings is 1. The Hall–Kier alpha value is -2.11. The van der Waals surface area contributed by atoms with Gasteiger partial charge in [0.05, 0.1) is 18.5 Å². The van der Waals surface area contributed by atoms with Gasteiger partial charge in [0.1, 0.15) is 10.8 Å². The Bertz CT molecular complexity index is 870. The molecule has 0 radical (unpaired) electrons. The van der Waals surface area contributed by atoms with Gasteiger partial charge in [-0.25, -0.2) is 4.98 Å². The summed E-state index contributed by atoms with van der Waals surface area (Å²) in [6.07, 6.45) is 10.0. The van der Waals surface area contributed by atoms with Crippen LogP contribution >= 0.6 is 11.3 Å². The number of aryl methyl sites for hydroxylation is 1. The van der Waals surface area contributed by atoms with E-state index in [0.29, 0.717) is 0 Å². The number of para-hydroxylation sites is 2. The Labute approximate surface area is 172 Å². The van der Waals surface area contributed by atoms with Gasteiger partial charge in [-0.3, -0.25) is 4.90 Å². The lowest BCUT2D eigenvalue weighted by Crippen LogP contribution is -2.30. The number of ether oxygens (including phenoxy) is 1. The lowest BCUT2D eigenvalue weighted by atomic mass is 10.1. The number of benzene rings is 1. The topological polar surface area (TPSA) is 28.6 Å². The number of anilines is 1. The maximum atomic E-state index is 5.56. The van der Waals surface area contributed by atoms with Gasteiger partial charge in [-0.2, -0.15) is 0 Å². The smallest absolute Gasteiger partial charge is 0.142 e. The molecule has 1 fully saturated rings. The van der Waals surface area contributed by atoms with Crippen molar-refractivity contribution >= 4 is 22.6 Å². The number of rotatable bonds is 5. The summed E-state index contributed by atoms with van der Waals surface area (Å²) in [7, 11) is 1.75. The van der Waals surface area contributed by atoms with Gasteiger partial charge in [-0.05, 0) is 43.9 Å². The van der Waals surface area contributed by atoms with E-state index in [0.717, 1.165) is 57.7 Å². The average Bonchev–Trinajstić information content (AvgIpc) is 2.95. The molecule has 0 amide bonds. The molecule has 0 saturated carbocycles. The van der Waals surface area contributed by atoms with E-state index in [2.05, 4.69) is 47.1 Å². The van der Waals surface area contributed by atoms with Crippen LogP contribution in [-0.4, -0.2) is 43.2 Å². The van der Waals surface area contributed by atoms with E-state index in [1.54, 1.807) is 7.11 Å². The molecule has 0 unspecified atom stereocenters. The molecule has 1 aliphatic heterocycles. The van der Waals surface area contributed by atoms with E-state index in [-0.39, 0.29) is 0 Å². The quantitative estimate of drug-likeness (QED) is 0.719. The first kappa shape index (κ1) is 19.2. The molecule has 148 valence electrons. The number of methoxy groups -OCH3 is 1. The van der Waals surface area contributed by atoms with Crippen LogP contribution in [0.4, 0.5) is 5.69 Å². The zero-order valence-corrected chi connectivity index (χ0v) is 17.7. The van der Waals surface area contributed by atoms with Crippen molar-refractivity contribution in [3.63, 3.8) is 0 Å². The van der Waals surface area contributed by atoms with Crippen LogP contribution in [0.1, 0.15) is 34.8 Å². The first-order valence-corrected chi connectivity index (χ1v) is 11.0. The first-order chi connectivity index (χ1) is 13.7. The maximum absolute atomic E-state index is 5.56. The predicted octanol–water partition coefficient (Wildman–Crippen LogP) is 4.91. The fraction of sp³-hybridized carbons (Fsp3) is 0.435. The van der Waals surface area contributed by atoms with Crippen LogP contribution in [0.5, 0.6) is 5.75 Å². The highest BCUT2D eigenvalue weighted by molar-refractivity contribution is 7.12. The molecule has 4 nitrogen and oxygen atoms in total. The summed E-state index contributed by atoms with van der Waals surface area (Å²) in [4.78, 5) is 11.4. The van der Waals surface area contributed by atoms with Crippen LogP contribution in [0.15, 0.2) is 42.5 Å². The monoisotopic (exact) mass is 395 g/mol. The second-order valence-electron chi connectivity index (χ2n) is 7.47. The van der Waals surface area contributed by atoms with Crippen LogP contribution in [-0.2, 0) is 6.54 Å². The third-order valence-corrected chi connectivity index (χ3v) is 6.66. The maximum Gasteiger partial charge on any atom is 0.142 e. The molecule has 0 atom stereocenters. The lowest BCUT2D eigenvalue weighted by Gasteiger charge is -2.25. The van der Waals surface area contributed by atoms with Crippen LogP contribution in [0.2, 0.25) is 0 Å². The third kappa shape index (κ3) is 4.31. The zero-order valence-electron chi connectivity index (χ0n) is 16.9. The van der Waals surface area contributed by atoms with Crippen LogP contribution in [0.25, 0.3) is 5.57 Å². The van der Waals surface area contributed by atoms with E-state index >= 15 is 0 Å². The summed E-state index contributed by atoms with van der Waals surface area (Å²) in [6.45, 7) is 7.42. The molecular formula is C23H29N3OS. The fourth-order valence-electron chi connectivity index (χ4n) is 3.97. The number of nitrogens with zero attached hydrogens (tertiary/aromatic N) is 3. The van der Waals surface area contributed by atoms with E-state index in [9.17, 15) is 0 Å². The van der Waals surface area contributed by atoms with Crippen LogP contribution < -0.4 is 9.64 Å². The minimum Gasteiger partial charge on any atom is -0.495 e. The summed E-state index contributed by atoms with van der Waals surface area (Å²) in [6, 6.07) is 8.34. The predicted molar refractivity (Wildman–Crippen MR) is 118 cm³/mol. The Morgan fingerprint density at radius 1 is 1.14 bits per heavy atom. The highest BCUT2D eigenvalue weighted by Crippen LogP contribution is 2.31. The Balaban J connectivity index is 1.42. The molecule has 0 spiro atoms. The van der Waals surface area contributed by atoms with Crippen molar-refractivity contribution in [2.45, 2.75) is 32.7 Å². The van der Waals surface area contributed by atoms with E-state index in [4.69, 9.17) is 9.72 Å². The Morgan fingerprint density at radius 3 is 2.86 bits per heavy atom. The van der Waals surface area contributed by atoms with Crippen LogP contribution in [0, 0.1) is 6.92 Å². The summed E-state index contributed by atoms with van der Waals surface area (Å²) in [5.41, 5.74) is 3.84. The van der Waals surface area contributed by atoms with Crippen molar-refractivity contribution in [3.05, 3.63) is 58.1 Å². The van der Waals surface area contributed by atoms with Crippen molar-refractivity contribution in [3.8, 4) is 5.75 Å². The van der Waals surface area contributed by atoms with Crippen LogP contribution in [0.3, 0.4) is 0 Å². The molecule has 1 aromatic carbocycles. The van der Waals surface area contributed by atoms with Gasteiger partial charge in [0.2, 0.25) is 0 Å². The number of allylic oxidation sites excluding steroid dienone is 4. The molecule has 1 saturated heterocycles. The minimum atomic E-state index is 0.950. The SMILES string of the molecule is COc1ccccc1N1CCCN(Cc2nc(C3=CC=CCC3)sc2C)CC1. The van der Waals surface area contributed by atoms with Gasteiger partial charge in [0.15, 0.2) is 0 Å². The second-order valence-corrected chi connectivity index (χ2v) is 8.67. The van der Waals surface area contributed by atoms with Crippen molar-refractivity contribution in [1.29, 1.82) is 0 Å². The van der Waals surface area contributed by atoms with E-state index < -0.39 is 0 Å². The van der Waals surface area contributed by atoms with E-state index in [1.807, 2.05) is 23.5 Å². The largest absolute Gasteiger partial charge is 0.495 e. The van der Waals surface area contributed by atoms with Crippen molar-refractivity contribution in [2.24, 2.45) is 0 Å². The molecule has 2 aromatic rings. The molecule has 28 heavy (non-hydrogen) atoms. The molecule has 1 aromatic heterocycles. The molecule has 0 N–H and O–H groups in total. The Morgan fingerprint density at radius 2 is 2.04 bits per heavy atom. The van der Waals surface area contributed by atoms with E-state index in [1.165, 1.54) is 26.8 Å².